The molecule has 0 aromatic heterocycles. The molecule has 0 saturated carbocycles. The Morgan fingerprint density at radius 1 is 0.424 bits per heavy atom. The van der Waals surface area contributed by atoms with E-state index in [2.05, 4.69) is 13.8 Å². The molecule has 0 rings (SSSR count). The highest BCUT2D eigenvalue weighted by Crippen LogP contribution is 2.73. The van der Waals surface area contributed by atoms with E-state index in [0.717, 1.165) is 51.4 Å². The van der Waals surface area contributed by atoms with Crippen LogP contribution in [-0.2, 0) is 9.13 Å². The van der Waals surface area contributed by atoms with E-state index < -0.39 is 20.1 Å². The SMILES string of the molecule is CCCCCCCCCCCCC(CCCCCCCCCCCC)(P(=O)(O)O)P(=O)(O)O. The average Bonchev–Trinajstić information content (AvgIpc) is 2.73. The van der Waals surface area contributed by atoms with Gasteiger partial charge in [0, 0.05) is 0 Å². The zero-order chi connectivity index (χ0) is 25.1. The van der Waals surface area contributed by atoms with Gasteiger partial charge in [0.15, 0.2) is 4.90 Å². The molecule has 0 fully saturated rings. The maximum absolute atomic E-state index is 12.3. The summed E-state index contributed by atoms with van der Waals surface area (Å²) in [5, 5.41) is 0. The monoisotopic (exact) mass is 512 g/mol. The molecular formula is C25H54O6P2. The lowest BCUT2D eigenvalue weighted by Gasteiger charge is -2.35. The number of hydrogen-bond donors (Lipinski definition) is 4. The molecule has 4 N–H and O–H groups in total. The van der Waals surface area contributed by atoms with Crippen LogP contribution in [0.5, 0.6) is 0 Å². The van der Waals surface area contributed by atoms with Gasteiger partial charge in [-0.1, -0.05) is 142 Å². The second-order valence-electron chi connectivity index (χ2n) is 9.93. The van der Waals surface area contributed by atoms with Gasteiger partial charge in [0.05, 0.1) is 0 Å². The lowest BCUT2D eigenvalue weighted by molar-refractivity contribution is 0.288. The summed E-state index contributed by atoms with van der Waals surface area (Å²) >= 11 is 0. The first-order valence-corrected chi connectivity index (χ1v) is 17.0. The van der Waals surface area contributed by atoms with E-state index in [1.165, 1.54) is 64.2 Å². The molecule has 6 nitrogen and oxygen atoms in total. The quantitative estimate of drug-likeness (QED) is 0.0760. The van der Waals surface area contributed by atoms with Gasteiger partial charge in [-0.3, -0.25) is 9.13 Å². The van der Waals surface area contributed by atoms with Crippen LogP contribution < -0.4 is 0 Å². The van der Waals surface area contributed by atoms with E-state index in [0.29, 0.717) is 12.8 Å². The van der Waals surface area contributed by atoms with Crippen molar-refractivity contribution in [3.63, 3.8) is 0 Å². The average molecular weight is 513 g/mol. The van der Waals surface area contributed by atoms with E-state index in [1.54, 1.807) is 0 Å². The van der Waals surface area contributed by atoms with E-state index in [4.69, 9.17) is 0 Å². The first-order chi connectivity index (χ1) is 15.6. The highest BCUT2D eigenvalue weighted by molar-refractivity contribution is 7.72. The summed E-state index contributed by atoms with van der Waals surface area (Å²) in [5.41, 5.74) is 0. The van der Waals surface area contributed by atoms with Crippen LogP contribution in [0.25, 0.3) is 0 Å². The molecular weight excluding hydrogens is 458 g/mol. The molecule has 0 spiro atoms. The third-order valence-corrected chi connectivity index (χ3v) is 11.6. The van der Waals surface area contributed by atoms with Crippen molar-refractivity contribution in [1.29, 1.82) is 0 Å². The zero-order valence-electron chi connectivity index (χ0n) is 21.6. The lowest BCUT2D eigenvalue weighted by Crippen LogP contribution is -2.29. The van der Waals surface area contributed by atoms with Gasteiger partial charge in [-0.2, -0.15) is 0 Å². The van der Waals surface area contributed by atoms with Crippen LogP contribution in [0.4, 0.5) is 0 Å². The maximum Gasteiger partial charge on any atom is 0.343 e. The van der Waals surface area contributed by atoms with Crippen molar-refractivity contribution in [2.24, 2.45) is 0 Å². The predicted molar refractivity (Wildman–Crippen MR) is 140 cm³/mol. The Labute approximate surface area is 204 Å². The van der Waals surface area contributed by atoms with Crippen LogP contribution in [0.3, 0.4) is 0 Å². The number of hydrogen-bond acceptors (Lipinski definition) is 2. The zero-order valence-corrected chi connectivity index (χ0v) is 23.3. The number of rotatable bonds is 24. The molecule has 8 heteroatoms. The van der Waals surface area contributed by atoms with Gasteiger partial charge < -0.3 is 19.6 Å². The largest absolute Gasteiger partial charge is 0.343 e. The highest BCUT2D eigenvalue weighted by atomic mass is 31.2. The minimum atomic E-state index is -4.95. The summed E-state index contributed by atoms with van der Waals surface area (Å²) in [5.74, 6) is 0. The minimum Gasteiger partial charge on any atom is -0.324 e. The second kappa shape index (κ2) is 19.5. The first kappa shape index (κ1) is 33.3. The summed E-state index contributed by atoms with van der Waals surface area (Å²) in [6.07, 6.45) is 21.1. The molecule has 0 aliphatic heterocycles. The minimum absolute atomic E-state index is 0.102. The Morgan fingerprint density at radius 2 is 0.636 bits per heavy atom. The van der Waals surface area contributed by atoms with Gasteiger partial charge >= 0.3 is 15.2 Å². The Kier molecular flexibility index (Phi) is 19.7. The van der Waals surface area contributed by atoms with Crippen molar-refractivity contribution in [1.82, 2.24) is 0 Å². The van der Waals surface area contributed by atoms with Crippen LogP contribution in [-0.4, -0.2) is 24.5 Å². The Balaban J connectivity index is 4.39. The summed E-state index contributed by atoms with van der Waals surface area (Å²) in [4.78, 5) is 37.7. The van der Waals surface area contributed by atoms with Gasteiger partial charge in [-0.15, -0.1) is 0 Å². The molecule has 0 amide bonds. The van der Waals surface area contributed by atoms with Gasteiger partial charge in [0.2, 0.25) is 0 Å². The second-order valence-corrected chi connectivity index (χ2v) is 14.2. The Morgan fingerprint density at radius 3 is 0.848 bits per heavy atom. The number of unbranched alkanes of at least 4 members (excludes halogenated alkanes) is 18. The third kappa shape index (κ3) is 15.1. The Hall–Kier alpha value is 0.300. The lowest BCUT2D eigenvalue weighted by atomic mass is 10.0. The molecule has 0 aliphatic carbocycles. The van der Waals surface area contributed by atoms with E-state index in [-0.39, 0.29) is 12.8 Å². The van der Waals surface area contributed by atoms with Crippen LogP contribution in [0.15, 0.2) is 0 Å². The molecule has 0 bridgehead atoms. The molecule has 0 radical (unpaired) electrons. The van der Waals surface area contributed by atoms with Crippen LogP contribution in [0.2, 0.25) is 0 Å². The van der Waals surface area contributed by atoms with Gasteiger partial charge in [0.1, 0.15) is 0 Å². The highest BCUT2D eigenvalue weighted by Gasteiger charge is 2.58. The standard InChI is InChI=1S/C25H54O6P2/c1-3-5-7-9-11-13-15-17-19-21-23-25(32(26,27)28,33(29,30)31)24-22-20-18-16-14-12-10-8-6-4-2/h3-24H2,1-2H3,(H2,26,27,28)(H2,29,30,31). The van der Waals surface area contributed by atoms with E-state index in [1.807, 2.05) is 0 Å². The van der Waals surface area contributed by atoms with Crippen molar-refractivity contribution in [2.75, 3.05) is 0 Å². The molecule has 33 heavy (non-hydrogen) atoms. The fraction of sp³-hybridized carbons (Fsp3) is 1.00. The van der Waals surface area contributed by atoms with Crippen molar-refractivity contribution in [2.45, 2.75) is 160 Å². The van der Waals surface area contributed by atoms with E-state index in [9.17, 15) is 28.7 Å². The maximum atomic E-state index is 12.3. The molecule has 0 aliphatic rings. The summed E-state index contributed by atoms with van der Waals surface area (Å²) < 4.78 is 24.6. The molecule has 0 atom stereocenters. The topological polar surface area (TPSA) is 115 Å². The molecule has 0 aromatic rings. The molecule has 0 heterocycles. The van der Waals surface area contributed by atoms with E-state index >= 15 is 0 Å². The summed E-state index contributed by atoms with van der Waals surface area (Å²) in [7, 11) is -9.89. The van der Waals surface area contributed by atoms with Crippen molar-refractivity contribution >= 4 is 15.2 Å². The summed E-state index contributed by atoms with van der Waals surface area (Å²) in [6.45, 7) is 4.40. The van der Waals surface area contributed by atoms with Gasteiger partial charge in [0.25, 0.3) is 0 Å². The van der Waals surface area contributed by atoms with Crippen LogP contribution >= 0.6 is 15.2 Å². The predicted octanol–water partition coefficient (Wildman–Crippen LogP) is 8.66. The fourth-order valence-corrected chi connectivity index (χ4v) is 7.82. The van der Waals surface area contributed by atoms with Crippen molar-refractivity contribution in [3.8, 4) is 0 Å². The fourth-order valence-electron chi connectivity index (χ4n) is 4.67. The summed E-state index contributed by atoms with van der Waals surface area (Å²) in [6, 6.07) is 0. The van der Waals surface area contributed by atoms with Crippen LogP contribution in [0, 0.1) is 0 Å². The molecule has 0 unspecified atom stereocenters. The smallest absolute Gasteiger partial charge is 0.324 e. The first-order valence-electron chi connectivity index (χ1n) is 13.7. The van der Waals surface area contributed by atoms with Gasteiger partial charge in [-0.25, -0.2) is 0 Å². The molecule has 0 aromatic carbocycles. The third-order valence-electron chi connectivity index (χ3n) is 6.95. The van der Waals surface area contributed by atoms with Crippen molar-refractivity contribution < 1.29 is 28.7 Å². The van der Waals surface area contributed by atoms with Gasteiger partial charge in [-0.05, 0) is 12.8 Å². The normalized spacial score (nSPS) is 13.0. The van der Waals surface area contributed by atoms with Crippen molar-refractivity contribution in [3.05, 3.63) is 0 Å². The Bertz CT molecular complexity index is 495. The molecule has 0 saturated heterocycles. The molecule has 200 valence electrons. The van der Waals surface area contributed by atoms with Crippen LogP contribution in [0.1, 0.15) is 155 Å².